The second-order valence-corrected chi connectivity index (χ2v) is 5.07. The predicted molar refractivity (Wildman–Crippen MR) is 69.3 cm³/mol. The number of hydrogen-bond donors (Lipinski definition) is 1. The van der Waals surface area contributed by atoms with Gasteiger partial charge in [0.1, 0.15) is 5.82 Å². The zero-order valence-electron chi connectivity index (χ0n) is 10.4. The number of piperidine rings is 1. The molecule has 1 aromatic rings. The lowest BCUT2D eigenvalue weighted by Crippen LogP contribution is -2.50. The van der Waals surface area contributed by atoms with Crippen LogP contribution in [-0.2, 0) is 4.74 Å². The number of nitrogens with one attached hydrogen (secondary N) is 1. The lowest BCUT2D eigenvalue weighted by molar-refractivity contribution is 0.109. The molecule has 3 nitrogen and oxygen atoms in total. The molecule has 0 saturated carbocycles. The molecule has 1 aromatic carbocycles. The first-order valence-electron chi connectivity index (χ1n) is 6.65. The van der Waals surface area contributed by atoms with Gasteiger partial charge in [-0.25, -0.2) is 4.39 Å². The van der Waals surface area contributed by atoms with E-state index in [0.29, 0.717) is 12.0 Å². The maximum Gasteiger partial charge on any atom is 0.125 e. The Labute approximate surface area is 107 Å². The molecule has 0 spiro atoms. The van der Waals surface area contributed by atoms with Crippen LogP contribution in [0.5, 0.6) is 0 Å². The van der Waals surface area contributed by atoms with Crippen LogP contribution < -0.4 is 10.2 Å². The summed E-state index contributed by atoms with van der Waals surface area (Å²) in [5, 5.41) is 3.41. The number of rotatable bonds is 1. The van der Waals surface area contributed by atoms with E-state index in [1.165, 1.54) is 6.07 Å². The third-order valence-corrected chi connectivity index (χ3v) is 3.92. The normalized spacial score (nSPS) is 28.6. The van der Waals surface area contributed by atoms with Crippen molar-refractivity contribution in [2.24, 2.45) is 5.92 Å². The van der Waals surface area contributed by atoms with E-state index in [-0.39, 0.29) is 5.82 Å². The molecule has 98 valence electrons. The summed E-state index contributed by atoms with van der Waals surface area (Å²) in [6.07, 6.45) is 1.10. The van der Waals surface area contributed by atoms with Crippen molar-refractivity contribution >= 4 is 5.69 Å². The molecule has 0 amide bonds. The molecule has 2 saturated heterocycles. The van der Waals surface area contributed by atoms with Crippen LogP contribution in [0.25, 0.3) is 0 Å². The Bertz CT molecular complexity index is 413. The third-order valence-electron chi connectivity index (χ3n) is 3.92. The number of hydrogen-bond acceptors (Lipinski definition) is 3. The highest BCUT2D eigenvalue weighted by molar-refractivity contribution is 5.48. The van der Waals surface area contributed by atoms with Gasteiger partial charge in [0.15, 0.2) is 0 Å². The summed E-state index contributed by atoms with van der Waals surface area (Å²) >= 11 is 0. The zero-order valence-corrected chi connectivity index (χ0v) is 10.4. The number of benzene rings is 1. The SMILES string of the molecule is Fc1cccc(N2CCOC[C@H]3CNCC[C@@H]32)c1. The molecule has 0 radical (unpaired) electrons. The van der Waals surface area contributed by atoms with Crippen LogP contribution in [0.2, 0.25) is 0 Å². The highest BCUT2D eigenvalue weighted by atomic mass is 19.1. The molecule has 0 bridgehead atoms. The molecular formula is C14H19FN2O. The molecule has 2 atom stereocenters. The maximum absolute atomic E-state index is 13.4. The van der Waals surface area contributed by atoms with Crippen LogP contribution in [0.15, 0.2) is 24.3 Å². The summed E-state index contributed by atoms with van der Waals surface area (Å²) in [6, 6.07) is 7.37. The molecule has 18 heavy (non-hydrogen) atoms. The summed E-state index contributed by atoms with van der Waals surface area (Å²) in [4.78, 5) is 2.32. The van der Waals surface area contributed by atoms with Crippen LogP contribution in [0.1, 0.15) is 6.42 Å². The van der Waals surface area contributed by atoms with E-state index in [2.05, 4.69) is 10.2 Å². The molecule has 2 fully saturated rings. The Morgan fingerprint density at radius 1 is 1.39 bits per heavy atom. The fraction of sp³-hybridized carbons (Fsp3) is 0.571. The monoisotopic (exact) mass is 250 g/mol. The van der Waals surface area contributed by atoms with Crippen molar-refractivity contribution in [2.75, 3.05) is 37.7 Å². The first-order chi connectivity index (χ1) is 8.84. The Hall–Kier alpha value is -1.13. The maximum atomic E-state index is 13.4. The molecule has 3 rings (SSSR count). The number of anilines is 1. The number of ether oxygens (including phenoxy) is 1. The molecule has 4 heteroatoms. The molecule has 0 unspecified atom stereocenters. The van der Waals surface area contributed by atoms with Crippen LogP contribution in [0.4, 0.5) is 10.1 Å². The zero-order chi connectivity index (χ0) is 12.4. The fourth-order valence-electron chi connectivity index (χ4n) is 3.03. The van der Waals surface area contributed by atoms with E-state index < -0.39 is 0 Å². The van der Waals surface area contributed by atoms with Gasteiger partial charge in [-0.15, -0.1) is 0 Å². The lowest BCUT2D eigenvalue weighted by Gasteiger charge is -2.39. The van der Waals surface area contributed by atoms with Crippen LogP contribution in [0, 0.1) is 11.7 Å². The molecule has 2 heterocycles. The molecular weight excluding hydrogens is 231 g/mol. The van der Waals surface area contributed by atoms with Gasteiger partial charge in [-0.05, 0) is 31.2 Å². The second kappa shape index (κ2) is 5.24. The van der Waals surface area contributed by atoms with Gasteiger partial charge in [0, 0.05) is 30.7 Å². The largest absolute Gasteiger partial charge is 0.379 e. The molecule has 2 aliphatic rings. The number of nitrogens with zero attached hydrogens (tertiary/aromatic N) is 1. The standard InChI is InChI=1S/C14H19FN2O/c15-12-2-1-3-13(8-12)17-6-7-18-10-11-9-16-5-4-14(11)17/h1-3,8,11,14,16H,4-7,9-10H2/t11-,14+/m1/s1. The minimum absolute atomic E-state index is 0.164. The van der Waals surface area contributed by atoms with Gasteiger partial charge in [-0.3, -0.25) is 0 Å². The van der Waals surface area contributed by atoms with Crippen LogP contribution >= 0.6 is 0 Å². The van der Waals surface area contributed by atoms with Crippen molar-refractivity contribution in [1.29, 1.82) is 0 Å². The number of fused-ring (bicyclic) bond motifs is 1. The number of halogens is 1. The van der Waals surface area contributed by atoms with Crippen LogP contribution in [0.3, 0.4) is 0 Å². The minimum Gasteiger partial charge on any atom is -0.379 e. The van der Waals surface area contributed by atoms with E-state index in [4.69, 9.17) is 4.74 Å². The van der Waals surface area contributed by atoms with Gasteiger partial charge in [-0.2, -0.15) is 0 Å². The summed E-state index contributed by atoms with van der Waals surface area (Å²) in [5.41, 5.74) is 0.984. The Morgan fingerprint density at radius 3 is 3.22 bits per heavy atom. The third kappa shape index (κ3) is 2.35. The smallest absolute Gasteiger partial charge is 0.125 e. The minimum atomic E-state index is -0.164. The summed E-state index contributed by atoms with van der Waals surface area (Å²) in [5.74, 6) is 0.340. The van der Waals surface area contributed by atoms with Gasteiger partial charge in [0.25, 0.3) is 0 Å². The van der Waals surface area contributed by atoms with E-state index in [9.17, 15) is 4.39 Å². The molecule has 2 aliphatic heterocycles. The molecule has 1 N–H and O–H groups in total. The van der Waals surface area contributed by atoms with Crippen molar-refractivity contribution in [3.05, 3.63) is 30.1 Å². The van der Waals surface area contributed by atoms with E-state index in [1.54, 1.807) is 12.1 Å². The van der Waals surface area contributed by atoms with Crippen LogP contribution in [-0.4, -0.2) is 38.9 Å². The summed E-state index contributed by atoms with van der Waals surface area (Å²) in [6.45, 7) is 4.42. The summed E-state index contributed by atoms with van der Waals surface area (Å²) < 4.78 is 19.0. The Kier molecular flexibility index (Phi) is 3.48. The van der Waals surface area contributed by atoms with E-state index >= 15 is 0 Å². The first kappa shape index (κ1) is 11.9. The second-order valence-electron chi connectivity index (χ2n) is 5.07. The Morgan fingerprint density at radius 2 is 2.33 bits per heavy atom. The van der Waals surface area contributed by atoms with Crippen molar-refractivity contribution in [1.82, 2.24) is 5.32 Å². The van der Waals surface area contributed by atoms with Crippen molar-refractivity contribution in [3.63, 3.8) is 0 Å². The van der Waals surface area contributed by atoms with Crippen molar-refractivity contribution < 1.29 is 9.13 Å². The van der Waals surface area contributed by atoms with Gasteiger partial charge < -0.3 is 15.0 Å². The quantitative estimate of drug-likeness (QED) is 0.820. The average Bonchev–Trinajstić information content (AvgIpc) is 2.61. The van der Waals surface area contributed by atoms with Crippen molar-refractivity contribution in [2.45, 2.75) is 12.5 Å². The highest BCUT2D eigenvalue weighted by Gasteiger charge is 2.32. The first-order valence-corrected chi connectivity index (χ1v) is 6.65. The fourth-order valence-corrected chi connectivity index (χ4v) is 3.03. The van der Waals surface area contributed by atoms with E-state index in [1.807, 2.05) is 6.07 Å². The molecule has 0 aliphatic carbocycles. The predicted octanol–water partition coefficient (Wildman–Crippen LogP) is 1.64. The van der Waals surface area contributed by atoms with Gasteiger partial charge in [0.2, 0.25) is 0 Å². The van der Waals surface area contributed by atoms with Crippen molar-refractivity contribution in [3.8, 4) is 0 Å². The average molecular weight is 250 g/mol. The summed E-state index contributed by atoms with van der Waals surface area (Å²) in [7, 11) is 0. The van der Waals surface area contributed by atoms with Gasteiger partial charge >= 0.3 is 0 Å². The van der Waals surface area contributed by atoms with E-state index in [0.717, 1.165) is 45.0 Å². The highest BCUT2D eigenvalue weighted by Crippen LogP contribution is 2.27. The van der Waals surface area contributed by atoms with Gasteiger partial charge in [-0.1, -0.05) is 6.07 Å². The molecule has 0 aromatic heterocycles. The topological polar surface area (TPSA) is 24.5 Å². The Balaban J connectivity index is 1.88. The van der Waals surface area contributed by atoms with Gasteiger partial charge in [0.05, 0.1) is 13.2 Å². The lowest BCUT2D eigenvalue weighted by atomic mass is 9.92.